The molecule has 0 bridgehead atoms. The minimum Gasteiger partial charge on any atom is -0.451 e. The van der Waals surface area contributed by atoms with Gasteiger partial charge in [-0.1, -0.05) is 32.0 Å². The Labute approximate surface area is 165 Å². The number of hydrogen-bond acceptors (Lipinski definition) is 4. The van der Waals surface area contributed by atoms with Gasteiger partial charge in [-0.2, -0.15) is 4.31 Å². The molecular formula is C21H24N2O4S. The summed E-state index contributed by atoms with van der Waals surface area (Å²) >= 11 is 0. The van der Waals surface area contributed by atoms with Gasteiger partial charge in [0.05, 0.1) is 4.90 Å². The number of carbonyl (C=O) groups is 1. The van der Waals surface area contributed by atoms with Crippen LogP contribution in [0.1, 0.15) is 35.5 Å². The third-order valence-electron chi connectivity index (χ3n) is 4.88. The van der Waals surface area contributed by atoms with Gasteiger partial charge >= 0.3 is 0 Å². The largest absolute Gasteiger partial charge is 0.451 e. The lowest BCUT2D eigenvalue weighted by atomic mass is 10.1. The predicted octanol–water partition coefficient (Wildman–Crippen LogP) is 4.33. The number of carbonyl (C=O) groups excluding carboxylic acids is 1. The Balaban J connectivity index is 1.97. The van der Waals surface area contributed by atoms with E-state index >= 15 is 0 Å². The van der Waals surface area contributed by atoms with E-state index in [-0.39, 0.29) is 10.7 Å². The number of nitrogens with zero attached hydrogens (tertiary/aromatic N) is 1. The van der Waals surface area contributed by atoms with Gasteiger partial charge in [0, 0.05) is 24.2 Å². The maximum absolute atomic E-state index is 12.9. The molecule has 0 radical (unpaired) electrons. The van der Waals surface area contributed by atoms with Crippen molar-refractivity contribution < 1.29 is 17.6 Å². The van der Waals surface area contributed by atoms with Crippen LogP contribution in [-0.2, 0) is 10.0 Å². The summed E-state index contributed by atoms with van der Waals surface area (Å²) in [5.74, 6) is -0.244. The fraction of sp³-hybridized carbons (Fsp3) is 0.286. The van der Waals surface area contributed by atoms with E-state index in [9.17, 15) is 13.2 Å². The minimum atomic E-state index is -3.63. The molecule has 28 heavy (non-hydrogen) atoms. The fourth-order valence-corrected chi connectivity index (χ4v) is 4.67. The second kappa shape index (κ2) is 7.77. The molecule has 0 aliphatic carbocycles. The van der Waals surface area contributed by atoms with E-state index in [1.165, 1.54) is 10.4 Å². The average molecular weight is 401 g/mol. The smallest absolute Gasteiger partial charge is 0.291 e. The van der Waals surface area contributed by atoms with Gasteiger partial charge in [-0.05, 0) is 49.2 Å². The van der Waals surface area contributed by atoms with E-state index < -0.39 is 15.9 Å². The molecule has 0 aliphatic rings. The second-order valence-electron chi connectivity index (χ2n) is 6.60. The van der Waals surface area contributed by atoms with Crippen molar-refractivity contribution in [2.45, 2.75) is 32.6 Å². The summed E-state index contributed by atoms with van der Waals surface area (Å²) in [5, 5.41) is 3.63. The maximum atomic E-state index is 12.9. The molecule has 1 amide bonds. The molecule has 0 fully saturated rings. The van der Waals surface area contributed by atoms with Gasteiger partial charge in [0.15, 0.2) is 5.76 Å². The van der Waals surface area contributed by atoms with Gasteiger partial charge < -0.3 is 9.73 Å². The van der Waals surface area contributed by atoms with Gasteiger partial charge in [-0.25, -0.2) is 8.42 Å². The van der Waals surface area contributed by atoms with Crippen molar-refractivity contribution in [1.82, 2.24) is 4.31 Å². The van der Waals surface area contributed by atoms with Crippen LogP contribution in [0, 0.1) is 13.8 Å². The summed E-state index contributed by atoms with van der Waals surface area (Å²) in [6.45, 7) is 8.03. The fourth-order valence-electron chi connectivity index (χ4n) is 3.10. The van der Waals surface area contributed by atoms with Gasteiger partial charge in [0.2, 0.25) is 10.0 Å². The van der Waals surface area contributed by atoms with Gasteiger partial charge in [-0.15, -0.1) is 0 Å². The molecule has 0 saturated carbocycles. The van der Waals surface area contributed by atoms with Crippen LogP contribution >= 0.6 is 0 Å². The van der Waals surface area contributed by atoms with Crippen molar-refractivity contribution in [1.29, 1.82) is 0 Å². The SMILES string of the molecule is CCN(CC)S(=O)(=O)c1cc(C)c(C)c(NC(=O)c2cc3ccccc3o2)c1. The van der Waals surface area contributed by atoms with Crippen molar-refractivity contribution in [2.75, 3.05) is 18.4 Å². The number of anilines is 1. The van der Waals surface area contributed by atoms with E-state index in [1.807, 2.05) is 32.0 Å². The molecule has 0 unspecified atom stereocenters. The highest BCUT2D eigenvalue weighted by atomic mass is 32.2. The number of para-hydroxylation sites is 1. The summed E-state index contributed by atoms with van der Waals surface area (Å²) in [6.07, 6.45) is 0. The van der Waals surface area contributed by atoms with Crippen molar-refractivity contribution in [2.24, 2.45) is 0 Å². The van der Waals surface area contributed by atoms with Crippen LogP contribution < -0.4 is 5.32 Å². The van der Waals surface area contributed by atoms with Crippen LogP contribution in [-0.4, -0.2) is 31.7 Å². The molecule has 148 valence electrons. The Bertz CT molecular complexity index is 1100. The number of furan rings is 1. The quantitative estimate of drug-likeness (QED) is 0.668. The molecular weight excluding hydrogens is 376 g/mol. The summed E-state index contributed by atoms with van der Waals surface area (Å²) in [6, 6.07) is 12.2. The monoisotopic (exact) mass is 400 g/mol. The first kappa shape index (κ1) is 20.1. The van der Waals surface area contributed by atoms with E-state index in [0.717, 1.165) is 16.5 Å². The number of hydrogen-bond donors (Lipinski definition) is 1. The van der Waals surface area contributed by atoms with Crippen molar-refractivity contribution >= 4 is 32.6 Å². The second-order valence-corrected chi connectivity index (χ2v) is 8.54. The molecule has 1 heterocycles. The lowest BCUT2D eigenvalue weighted by Gasteiger charge is -2.20. The summed E-state index contributed by atoms with van der Waals surface area (Å²) in [4.78, 5) is 12.9. The molecule has 0 spiro atoms. The third kappa shape index (κ3) is 3.68. The standard InChI is InChI=1S/C21H24N2O4S/c1-5-23(6-2)28(25,26)17-11-14(3)15(4)18(13-17)22-21(24)20-12-16-9-7-8-10-19(16)27-20/h7-13H,5-6H2,1-4H3,(H,22,24). The van der Waals surface area contributed by atoms with E-state index in [0.29, 0.717) is 24.4 Å². The molecule has 1 N–H and O–H groups in total. The van der Waals surface area contributed by atoms with Gasteiger partial charge in [0.25, 0.3) is 5.91 Å². The van der Waals surface area contributed by atoms with Crippen molar-refractivity contribution in [3.05, 3.63) is 59.4 Å². The molecule has 2 aromatic carbocycles. The number of amides is 1. The predicted molar refractivity (Wildman–Crippen MR) is 110 cm³/mol. The lowest BCUT2D eigenvalue weighted by Crippen LogP contribution is -2.30. The molecule has 0 aliphatic heterocycles. The molecule has 6 nitrogen and oxygen atoms in total. The molecule has 0 saturated heterocycles. The molecule has 0 atom stereocenters. The number of fused-ring (bicyclic) bond motifs is 1. The summed E-state index contributed by atoms with van der Waals surface area (Å²) in [7, 11) is -3.63. The number of nitrogens with one attached hydrogen (secondary N) is 1. The Morgan fingerprint density at radius 1 is 1.07 bits per heavy atom. The summed E-state index contributed by atoms with van der Waals surface area (Å²) < 4.78 is 32.8. The van der Waals surface area contributed by atoms with Crippen LogP contribution in [0.15, 0.2) is 51.8 Å². The van der Waals surface area contributed by atoms with Crippen LogP contribution in [0.25, 0.3) is 11.0 Å². The average Bonchev–Trinajstić information content (AvgIpc) is 3.10. The van der Waals surface area contributed by atoms with Gasteiger partial charge in [-0.3, -0.25) is 4.79 Å². The molecule has 3 aromatic rings. The highest BCUT2D eigenvalue weighted by Gasteiger charge is 2.24. The minimum absolute atomic E-state index is 0.166. The number of benzene rings is 2. The third-order valence-corrected chi connectivity index (χ3v) is 6.91. The van der Waals surface area contributed by atoms with Crippen molar-refractivity contribution in [3.63, 3.8) is 0 Å². The van der Waals surface area contributed by atoms with E-state index in [2.05, 4.69) is 5.32 Å². The highest BCUT2D eigenvalue weighted by molar-refractivity contribution is 7.89. The van der Waals surface area contributed by atoms with Crippen LogP contribution in [0.3, 0.4) is 0 Å². The van der Waals surface area contributed by atoms with Crippen LogP contribution in [0.5, 0.6) is 0 Å². The van der Waals surface area contributed by atoms with Crippen molar-refractivity contribution in [3.8, 4) is 0 Å². The van der Waals surface area contributed by atoms with Gasteiger partial charge in [0.1, 0.15) is 5.58 Å². The van der Waals surface area contributed by atoms with E-state index in [1.54, 1.807) is 32.0 Å². The summed E-state index contributed by atoms with van der Waals surface area (Å²) in [5.41, 5.74) is 2.67. The normalized spacial score (nSPS) is 11.9. The first-order valence-corrected chi connectivity index (χ1v) is 10.6. The number of sulfonamides is 1. The van der Waals surface area contributed by atoms with Crippen LogP contribution in [0.4, 0.5) is 5.69 Å². The molecule has 1 aromatic heterocycles. The molecule has 7 heteroatoms. The van der Waals surface area contributed by atoms with Crippen LogP contribution in [0.2, 0.25) is 0 Å². The topological polar surface area (TPSA) is 79.6 Å². The first-order valence-electron chi connectivity index (χ1n) is 9.19. The molecule has 3 rings (SSSR count). The zero-order chi connectivity index (χ0) is 20.5. The lowest BCUT2D eigenvalue weighted by molar-refractivity contribution is 0.0998. The Hall–Kier alpha value is -2.64. The zero-order valence-corrected chi connectivity index (χ0v) is 17.3. The zero-order valence-electron chi connectivity index (χ0n) is 16.4. The number of rotatable bonds is 6. The Morgan fingerprint density at radius 2 is 1.75 bits per heavy atom. The Morgan fingerprint density at radius 3 is 2.39 bits per heavy atom. The number of aryl methyl sites for hydroxylation is 1. The van der Waals surface area contributed by atoms with E-state index in [4.69, 9.17) is 4.42 Å². The highest BCUT2D eigenvalue weighted by Crippen LogP contribution is 2.27. The maximum Gasteiger partial charge on any atom is 0.291 e. The first-order chi connectivity index (χ1) is 13.3. The Kier molecular flexibility index (Phi) is 5.58.